The maximum atomic E-state index is 13.6. The highest BCUT2D eigenvalue weighted by molar-refractivity contribution is 8.23. The lowest BCUT2D eigenvalue weighted by Crippen LogP contribution is -2.35. The molecule has 282 valence electrons. The van der Waals surface area contributed by atoms with Crippen molar-refractivity contribution in [1.82, 2.24) is 14.0 Å². The van der Waals surface area contributed by atoms with Crippen molar-refractivity contribution < 1.29 is 65.4 Å². The third kappa shape index (κ3) is 8.59. The number of aliphatic carboxylic acids is 3. The molecule has 17 nitrogen and oxygen atoms in total. The number of anilines is 1. The summed E-state index contributed by atoms with van der Waals surface area (Å²) >= 11 is 2.24. The summed E-state index contributed by atoms with van der Waals surface area (Å²) in [5, 5.41) is 27.4. The molecule has 0 unspecified atom stereocenters. The van der Waals surface area contributed by atoms with Crippen LogP contribution in [0.2, 0.25) is 0 Å². The second-order valence-corrected chi connectivity index (χ2v) is 16.4. The average Bonchev–Trinajstić information content (AvgIpc) is 3.72. The lowest BCUT2D eigenvalue weighted by Gasteiger charge is -2.20. The van der Waals surface area contributed by atoms with Crippen molar-refractivity contribution >= 4 is 102 Å². The fourth-order valence-corrected chi connectivity index (χ4v) is 9.85. The van der Waals surface area contributed by atoms with Gasteiger partial charge in [0.1, 0.15) is 38.4 Å². The summed E-state index contributed by atoms with van der Waals surface area (Å²) in [6, 6.07) is 2.88. The Hall–Kier alpha value is -4.69. The number of thioether (sulfide) groups is 2. The van der Waals surface area contributed by atoms with Gasteiger partial charge in [-0.2, -0.15) is 21.6 Å². The van der Waals surface area contributed by atoms with Gasteiger partial charge in [-0.3, -0.25) is 52.1 Å². The van der Waals surface area contributed by atoms with Gasteiger partial charge >= 0.3 is 24.1 Å². The van der Waals surface area contributed by atoms with Crippen LogP contribution in [0.5, 0.6) is 0 Å². The van der Waals surface area contributed by atoms with E-state index in [0.717, 1.165) is 23.9 Å². The Kier molecular flexibility index (Phi) is 11.2. The van der Waals surface area contributed by atoms with Gasteiger partial charge in [0, 0.05) is 11.4 Å². The maximum Gasteiger partial charge on any atom is 0.416 e. The van der Waals surface area contributed by atoms with Gasteiger partial charge in [0.2, 0.25) is 0 Å². The number of allylic oxidation sites excluding steroid dienone is 1. The number of carboxylic acids is 3. The number of fused-ring (bicyclic) bond motifs is 1. The number of hydrogen-bond donors (Lipinski definition) is 4. The second kappa shape index (κ2) is 15.0. The van der Waals surface area contributed by atoms with Crippen LogP contribution in [0, 0.1) is 9.20 Å². The van der Waals surface area contributed by atoms with E-state index in [1.165, 1.54) is 23.1 Å². The van der Waals surface area contributed by atoms with Gasteiger partial charge in [-0.15, -0.1) is 22.7 Å². The minimum Gasteiger partial charge on any atom is -0.480 e. The molecule has 0 atom stereocenters. The van der Waals surface area contributed by atoms with Crippen molar-refractivity contribution in [2.75, 3.05) is 23.7 Å². The van der Waals surface area contributed by atoms with Crippen molar-refractivity contribution in [2.24, 2.45) is 0 Å². The molecule has 0 bridgehead atoms. The van der Waals surface area contributed by atoms with Crippen LogP contribution >= 0.6 is 46.2 Å². The molecule has 4 heterocycles. The van der Waals surface area contributed by atoms with Crippen LogP contribution in [0.4, 0.5) is 23.7 Å². The quantitative estimate of drug-likeness (QED) is 0.197. The highest BCUT2D eigenvalue weighted by Crippen LogP contribution is 2.48. The monoisotopic (exact) mass is 838 g/mol. The Morgan fingerprint density at radius 3 is 2.02 bits per heavy atom. The largest absolute Gasteiger partial charge is 0.480 e. The predicted molar refractivity (Wildman–Crippen MR) is 183 cm³/mol. The standard InChI is InChI=1S/C28H21F3N4O13S5/c29-28(30,31)12-2-3-14-13(8-12)32(6-1-7-53(46,47)48)16(49-14)5-4-15-22(42)33(9-17(36)37)25(50-15)20-23(43)34(10-18(38)39)26(51-20)21-24(44)35(11-19(40)41)27(45)52-21/h2-5,8H,1,6-7,9-11H2,(H,36,37)(H,38,39)(H,40,41)(H,46,47,48)/b15-4?,16-5?,25-20+,26-21+. The van der Waals surface area contributed by atoms with E-state index < -0.39 is 96.9 Å². The molecular formula is C28H21F3N4O13S5. The lowest BCUT2D eigenvalue weighted by atomic mass is 10.1. The van der Waals surface area contributed by atoms with Crippen LogP contribution in [-0.2, 0) is 48.6 Å². The van der Waals surface area contributed by atoms with Crippen LogP contribution in [0.1, 0.15) is 12.0 Å². The molecule has 4 N–H and O–H groups in total. The molecule has 53 heavy (non-hydrogen) atoms. The normalized spacial score (nSPS) is 17.7. The summed E-state index contributed by atoms with van der Waals surface area (Å²) in [5.74, 6) is -6.48. The van der Waals surface area contributed by atoms with E-state index >= 15 is 0 Å². The van der Waals surface area contributed by atoms with Crippen molar-refractivity contribution in [3.8, 4) is 0 Å². The summed E-state index contributed by atoms with van der Waals surface area (Å²) < 4.78 is 72.4. The number of carbonyl (C=O) groups is 5. The number of alkyl halides is 3. The van der Waals surface area contributed by atoms with Crippen molar-refractivity contribution in [3.63, 3.8) is 0 Å². The zero-order valence-electron chi connectivity index (χ0n) is 26.1. The topological polar surface area (TPSA) is 251 Å². The molecule has 25 heteroatoms. The predicted octanol–water partition coefficient (Wildman–Crippen LogP) is 1.01. The number of rotatable bonds is 11. The number of carbonyl (C=O) groups excluding carboxylic acids is 2. The Morgan fingerprint density at radius 2 is 1.43 bits per heavy atom. The molecular weight excluding hydrogens is 818 g/mol. The number of imide groups is 1. The van der Waals surface area contributed by atoms with Crippen LogP contribution in [0.3, 0.4) is 0 Å². The van der Waals surface area contributed by atoms with Crippen molar-refractivity contribution in [1.29, 1.82) is 0 Å². The first-order valence-corrected chi connectivity index (χ1v) is 19.2. The van der Waals surface area contributed by atoms with Gasteiger partial charge in [-0.1, -0.05) is 11.8 Å². The lowest BCUT2D eigenvalue weighted by molar-refractivity contribution is -0.140. The number of halogens is 3. The highest BCUT2D eigenvalue weighted by Gasteiger charge is 2.38. The van der Waals surface area contributed by atoms with E-state index in [2.05, 4.69) is 0 Å². The number of thiazole rings is 2. The molecule has 1 fully saturated rings. The number of nitrogens with zero attached hydrogens (tertiary/aromatic N) is 4. The first kappa shape index (κ1) is 39.5. The molecule has 1 saturated heterocycles. The average molecular weight is 839 g/mol. The second-order valence-electron chi connectivity index (χ2n) is 10.8. The summed E-state index contributed by atoms with van der Waals surface area (Å²) in [4.78, 5) is 88.9. The first-order chi connectivity index (χ1) is 24.7. The zero-order valence-corrected chi connectivity index (χ0v) is 30.1. The summed E-state index contributed by atoms with van der Waals surface area (Å²) in [6.07, 6.45) is -2.46. The molecule has 0 saturated carbocycles. The first-order valence-electron chi connectivity index (χ1n) is 14.4. The van der Waals surface area contributed by atoms with Gasteiger partial charge in [0.05, 0.1) is 26.6 Å². The van der Waals surface area contributed by atoms with Gasteiger partial charge in [-0.25, -0.2) is 0 Å². The van der Waals surface area contributed by atoms with Crippen LogP contribution < -0.4 is 25.2 Å². The van der Waals surface area contributed by atoms with E-state index in [1.54, 1.807) is 0 Å². The van der Waals surface area contributed by atoms with E-state index in [9.17, 15) is 69.9 Å². The smallest absolute Gasteiger partial charge is 0.416 e. The van der Waals surface area contributed by atoms with Crippen molar-refractivity contribution in [2.45, 2.75) is 30.6 Å². The maximum absolute atomic E-state index is 13.6. The molecule has 2 aliphatic heterocycles. The number of hydrogen-bond acceptors (Lipinski definition) is 14. The number of aromatic nitrogens is 2. The Balaban J connectivity index is 1.73. The molecule has 0 radical (unpaired) electrons. The minimum atomic E-state index is -4.72. The molecule has 2 aromatic heterocycles. The van der Waals surface area contributed by atoms with Gasteiger partial charge in [-0.05, 0) is 48.5 Å². The van der Waals surface area contributed by atoms with E-state index in [-0.39, 0.29) is 49.3 Å². The van der Waals surface area contributed by atoms with E-state index in [1.807, 2.05) is 0 Å². The SMILES string of the molecule is O=C(O)CN1C(=O)S/C(=c2/s/c(=c3/sc(=CC=C4Sc5ccc(C(F)(F)F)cc5N4CCCS(=O)(=O)O)c(=O)n3CC(=O)O)c(=O)n2CC(=O)O)C1=O. The third-order valence-corrected chi connectivity index (χ3v) is 12.6. The molecule has 5 rings (SSSR count). The Morgan fingerprint density at radius 1 is 0.811 bits per heavy atom. The number of carboxylic acid groups (broad SMARTS) is 3. The van der Waals surface area contributed by atoms with E-state index in [4.69, 9.17) is 5.11 Å². The molecule has 1 aromatic carbocycles. The molecule has 2 aliphatic rings. The molecule has 0 aliphatic carbocycles. The fourth-order valence-electron chi connectivity index (χ4n) is 4.96. The molecule has 0 spiro atoms. The summed E-state index contributed by atoms with van der Waals surface area (Å²) in [7, 11) is -4.43. The number of amides is 2. The third-order valence-electron chi connectivity index (χ3n) is 7.13. The molecule has 3 aromatic rings. The van der Waals surface area contributed by atoms with E-state index in [0.29, 0.717) is 41.6 Å². The van der Waals surface area contributed by atoms with Gasteiger partial charge < -0.3 is 20.2 Å². The fraction of sp³-hybridized carbons (Fsp3) is 0.250. The Bertz CT molecular complexity index is 2590. The Labute approximate surface area is 308 Å². The minimum absolute atomic E-state index is 0.0531. The van der Waals surface area contributed by atoms with Gasteiger partial charge in [0.15, 0.2) is 0 Å². The zero-order chi connectivity index (χ0) is 39.2. The molecule has 2 amide bonds. The summed E-state index contributed by atoms with van der Waals surface area (Å²) in [5.41, 5.74) is -2.99. The highest BCUT2D eigenvalue weighted by atomic mass is 32.2. The van der Waals surface area contributed by atoms with Crippen LogP contribution in [0.25, 0.3) is 11.0 Å². The van der Waals surface area contributed by atoms with Crippen molar-refractivity contribution in [3.05, 3.63) is 74.0 Å². The van der Waals surface area contributed by atoms with Crippen LogP contribution in [0.15, 0.2) is 43.8 Å². The number of benzene rings is 1. The van der Waals surface area contributed by atoms with Crippen LogP contribution in [-0.4, -0.2) is 90.2 Å². The van der Waals surface area contributed by atoms with Gasteiger partial charge in [0.25, 0.3) is 32.4 Å². The summed E-state index contributed by atoms with van der Waals surface area (Å²) in [6.45, 7) is -3.27.